The molecule has 0 atom stereocenters. The molecule has 0 saturated heterocycles. The molecule has 1 aromatic rings. The van der Waals surface area contributed by atoms with Gasteiger partial charge in [0.2, 0.25) is 5.88 Å². The number of amides is 1. The first-order chi connectivity index (χ1) is 7.77. The van der Waals surface area contributed by atoms with Gasteiger partial charge in [-0.25, -0.2) is 10.5 Å². The summed E-state index contributed by atoms with van der Waals surface area (Å²) in [4.78, 5) is 19.9. The van der Waals surface area contributed by atoms with Gasteiger partial charge in [0.15, 0.2) is 0 Å². The van der Waals surface area contributed by atoms with Crippen molar-refractivity contribution in [3.8, 4) is 5.88 Å². The second kappa shape index (κ2) is 6.76. The average molecular weight is 226 g/mol. The normalized spacial score (nSPS) is 9.88. The van der Waals surface area contributed by atoms with Crippen molar-refractivity contribution in [3.05, 3.63) is 23.9 Å². The number of methoxy groups -OCH3 is 1. The number of nitrogens with one attached hydrogen (secondary N) is 1. The Labute approximate surface area is 93.5 Å². The van der Waals surface area contributed by atoms with Crippen LogP contribution in [-0.4, -0.2) is 38.3 Å². The fourth-order valence-corrected chi connectivity index (χ4v) is 1.01. The fraction of sp³-hybridized carbons (Fsp3) is 0.400. The number of ether oxygens (including phenoxy) is 2. The summed E-state index contributed by atoms with van der Waals surface area (Å²) in [7, 11) is 2.95. The summed E-state index contributed by atoms with van der Waals surface area (Å²) in [5.41, 5.74) is 2.63. The Bertz CT molecular complexity index is 343. The van der Waals surface area contributed by atoms with E-state index in [0.29, 0.717) is 24.7 Å². The molecule has 0 radical (unpaired) electrons. The quantitative estimate of drug-likeness (QED) is 0.561. The minimum absolute atomic E-state index is 0.346. The summed E-state index contributed by atoms with van der Waals surface area (Å²) < 4.78 is 10.1. The Morgan fingerprint density at radius 3 is 2.94 bits per heavy atom. The number of nitrogens with zero attached hydrogens (tertiary/aromatic N) is 1. The van der Waals surface area contributed by atoms with Crippen molar-refractivity contribution in [2.45, 2.75) is 0 Å². The zero-order chi connectivity index (χ0) is 11.8. The molecule has 1 amide bonds. The van der Waals surface area contributed by atoms with E-state index in [0.717, 1.165) is 0 Å². The topological polar surface area (TPSA) is 69.7 Å². The standard InChI is InChI=1S/C10H14N2O4/c1-14-5-6-16-9-7-8(3-4-11-9)10(13)12-15-2/h3-4,7H,5-6H2,1-2H3,(H,12,13). The first kappa shape index (κ1) is 12.4. The largest absolute Gasteiger partial charge is 0.475 e. The minimum atomic E-state index is -0.346. The molecule has 0 spiro atoms. The van der Waals surface area contributed by atoms with Gasteiger partial charge in [-0.2, -0.15) is 0 Å². The van der Waals surface area contributed by atoms with Crippen LogP contribution in [-0.2, 0) is 9.57 Å². The summed E-state index contributed by atoms with van der Waals surface area (Å²) in [5, 5.41) is 0. The average Bonchev–Trinajstić information content (AvgIpc) is 2.30. The van der Waals surface area contributed by atoms with Gasteiger partial charge in [-0.15, -0.1) is 0 Å². The van der Waals surface area contributed by atoms with Crippen molar-refractivity contribution in [3.63, 3.8) is 0 Å². The molecule has 1 N–H and O–H groups in total. The lowest BCUT2D eigenvalue weighted by molar-refractivity contribution is 0.0537. The number of hydrogen-bond donors (Lipinski definition) is 1. The molecule has 0 aliphatic carbocycles. The van der Waals surface area contributed by atoms with Crippen LogP contribution in [0.15, 0.2) is 18.3 Å². The molecule has 0 aliphatic heterocycles. The summed E-state index contributed by atoms with van der Waals surface area (Å²) >= 11 is 0. The zero-order valence-corrected chi connectivity index (χ0v) is 9.23. The van der Waals surface area contributed by atoms with Crippen LogP contribution < -0.4 is 10.2 Å². The molecule has 0 fully saturated rings. The molecule has 16 heavy (non-hydrogen) atoms. The summed E-state index contributed by atoms with van der Waals surface area (Å²) in [6.07, 6.45) is 1.49. The third-order valence-electron chi connectivity index (χ3n) is 1.73. The number of hydrogen-bond acceptors (Lipinski definition) is 5. The second-order valence-electron chi connectivity index (χ2n) is 2.86. The molecule has 0 aliphatic rings. The number of rotatable bonds is 6. The molecule has 1 rings (SSSR count). The predicted molar refractivity (Wildman–Crippen MR) is 56.1 cm³/mol. The van der Waals surface area contributed by atoms with Crippen LogP contribution in [0.1, 0.15) is 10.4 Å². The van der Waals surface area contributed by atoms with Gasteiger partial charge in [-0.1, -0.05) is 0 Å². The molecule has 6 heteroatoms. The summed E-state index contributed by atoms with van der Waals surface area (Å²) in [6, 6.07) is 3.10. The van der Waals surface area contributed by atoms with Crippen molar-refractivity contribution >= 4 is 5.91 Å². The van der Waals surface area contributed by atoms with E-state index in [1.165, 1.54) is 19.4 Å². The van der Waals surface area contributed by atoms with Crippen LogP contribution in [0.3, 0.4) is 0 Å². The molecule has 6 nitrogen and oxygen atoms in total. The van der Waals surface area contributed by atoms with Gasteiger partial charge in [0, 0.05) is 24.9 Å². The van der Waals surface area contributed by atoms with Gasteiger partial charge >= 0.3 is 0 Å². The van der Waals surface area contributed by atoms with Gasteiger partial charge in [0.05, 0.1) is 13.7 Å². The fourth-order valence-electron chi connectivity index (χ4n) is 1.01. The highest BCUT2D eigenvalue weighted by molar-refractivity contribution is 5.93. The van der Waals surface area contributed by atoms with Crippen LogP contribution in [0.2, 0.25) is 0 Å². The molecule has 1 heterocycles. The Kier molecular flexibility index (Phi) is 5.24. The zero-order valence-electron chi connectivity index (χ0n) is 9.23. The van der Waals surface area contributed by atoms with E-state index in [-0.39, 0.29) is 5.91 Å². The molecule has 88 valence electrons. The maximum atomic E-state index is 11.4. The third-order valence-corrected chi connectivity index (χ3v) is 1.73. The molecule has 0 aromatic carbocycles. The molecular formula is C10H14N2O4. The maximum Gasteiger partial charge on any atom is 0.275 e. The van der Waals surface area contributed by atoms with Crippen molar-refractivity contribution in [1.82, 2.24) is 10.5 Å². The first-order valence-electron chi connectivity index (χ1n) is 4.69. The van der Waals surface area contributed by atoms with Crippen LogP contribution in [0, 0.1) is 0 Å². The monoisotopic (exact) mass is 226 g/mol. The molecule has 0 unspecified atom stereocenters. The van der Waals surface area contributed by atoms with Gasteiger partial charge in [0.1, 0.15) is 6.61 Å². The van der Waals surface area contributed by atoms with E-state index in [4.69, 9.17) is 9.47 Å². The molecule has 0 bridgehead atoms. The van der Waals surface area contributed by atoms with Crippen LogP contribution in [0.5, 0.6) is 5.88 Å². The van der Waals surface area contributed by atoms with Crippen molar-refractivity contribution in [2.24, 2.45) is 0 Å². The minimum Gasteiger partial charge on any atom is -0.475 e. The predicted octanol–water partition coefficient (Wildman–Crippen LogP) is 0.398. The van der Waals surface area contributed by atoms with Gasteiger partial charge in [0.25, 0.3) is 5.91 Å². The lowest BCUT2D eigenvalue weighted by Gasteiger charge is -2.06. The van der Waals surface area contributed by atoms with E-state index >= 15 is 0 Å². The number of carbonyl (C=O) groups excluding carboxylic acids is 1. The van der Waals surface area contributed by atoms with E-state index in [2.05, 4.69) is 15.3 Å². The molecule has 0 saturated carbocycles. The van der Waals surface area contributed by atoms with Crippen molar-refractivity contribution in [2.75, 3.05) is 27.4 Å². The highest BCUT2D eigenvalue weighted by atomic mass is 16.6. The number of carbonyl (C=O) groups is 1. The Hall–Kier alpha value is -1.66. The smallest absolute Gasteiger partial charge is 0.275 e. The Morgan fingerprint density at radius 2 is 2.25 bits per heavy atom. The van der Waals surface area contributed by atoms with Gasteiger partial charge < -0.3 is 9.47 Å². The Balaban J connectivity index is 2.60. The first-order valence-corrected chi connectivity index (χ1v) is 4.69. The van der Waals surface area contributed by atoms with Crippen LogP contribution in [0.25, 0.3) is 0 Å². The maximum absolute atomic E-state index is 11.4. The Morgan fingerprint density at radius 1 is 1.44 bits per heavy atom. The summed E-state index contributed by atoms with van der Waals surface area (Å²) in [6.45, 7) is 0.856. The van der Waals surface area contributed by atoms with Gasteiger partial charge in [-0.05, 0) is 6.07 Å². The lowest BCUT2D eigenvalue weighted by atomic mass is 10.2. The van der Waals surface area contributed by atoms with Crippen molar-refractivity contribution < 1.29 is 19.1 Å². The van der Waals surface area contributed by atoms with Crippen LogP contribution in [0.4, 0.5) is 0 Å². The second-order valence-corrected chi connectivity index (χ2v) is 2.86. The van der Waals surface area contributed by atoms with E-state index < -0.39 is 0 Å². The SMILES string of the molecule is COCCOc1cc(C(=O)NOC)ccn1. The van der Waals surface area contributed by atoms with E-state index in [1.54, 1.807) is 13.2 Å². The van der Waals surface area contributed by atoms with Gasteiger partial charge in [-0.3, -0.25) is 9.63 Å². The summed E-state index contributed by atoms with van der Waals surface area (Å²) in [5.74, 6) is 0.0299. The van der Waals surface area contributed by atoms with Crippen molar-refractivity contribution in [1.29, 1.82) is 0 Å². The number of pyridine rings is 1. The highest BCUT2D eigenvalue weighted by Gasteiger charge is 2.06. The molecule has 1 aromatic heterocycles. The lowest BCUT2D eigenvalue weighted by Crippen LogP contribution is -2.21. The third kappa shape index (κ3) is 3.84. The van der Waals surface area contributed by atoms with E-state index in [1.807, 2.05) is 0 Å². The number of hydroxylamine groups is 1. The van der Waals surface area contributed by atoms with E-state index in [9.17, 15) is 4.79 Å². The molecular weight excluding hydrogens is 212 g/mol. The highest BCUT2D eigenvalue weighted by Crippen LogP contribution is 2.09. The number of aromatic nitrogens is 1. The van der Waals surface area contributed by atoms with Crippen LogP contribution >= 0.6 is 0 Å².